The van der Waals surface area contributed by atoms with Crippen LogP contribution in [0, 0.1) is 11.3 Å². The molecule has 142 valence electrons. The predicted octanol–water partition coefficient (Wildman–Crippen LogP) is 3.47. The van der Waals surface area contributed by atoms with Crippen molar-refractivity contribution in [2.75, 3.05) is 38.2 Å². The van der Waals surface area contributed by atoms with E-state index in [1.54, 1.807) is 7.11 Å². The highest BCUT2D eigenvalue weighted by Gasteiger charge is 2.49. The van der Waals surface area contributed by atoms with Crippen molar-refractivity contribution in [1.29, 1.82) is 0 Å². The number of hydrogen-bond acceptors (Lipinski definition) is 4. The smallest absolute Gasteiger partial charge is 0.230 e. The molecule has 2 aliphatic heterocycles. The van der Waals surface area contributed by atoms with Crippen LogP contribution >= 0.6 is 0 Å². The fraction of sp³-hybridized carbons (Fsp3) is 0.545. The highest BCUT2D eigenvalue weighted by Crippen LogP contribution is 2.43. The van der Waals surface area contributed by atoms with Gasteiger partial charge in [-0.2, -0.15) is 0 Å². The molecule has 1 saturated carbocycles. The minimum Gasteiger partial charge on any atom is -0.494 e. The molecule has 2 saturated heterocycles. The van der Waals surface area contributed by atoms with Crippen molar-refractivity contribution in [3.63, 3.8) is 0 Å². The molecular formula is C22H27N3O2. The van der Waals surface area contributed by atoms with E-state index in [0.29, 0.717) is 5.91 Å². The van der Waals surface area contributed by atoms with E-state index in [-0.39, 0.29) is 5.41 Å². The lowest BCUT2D eigenvalue weighted by Crippen LogP contribution is -2.50. The molecule has 0 bridgehead atoms. The van der Waals surface area contributed by atoms with Gasteiger partial charge in [-0.3, -0.25) is 4.79 Å². The Hall–Kier alpha value is -2.30. The maximum absolute atomic E-state index is 13.3. The largest absolute Gasteiger partial charge is 0.494 e. The monoisotopic (exact) mass is 365 g/mol. The number of likely N-dealkylation sites (tertiary alicyclic amines) is 1. The van der Waals surface area contributed by atoms with Crippen molar-refractivity contribution >= 4 is 22.6 Å². The number of carbonyl (C=O) groups excluding carboxylic acids is 1. The van der Waals surface area contributed by atoms with Crippen LogP contribution < -0.4 is 9.64 Å². The third-order valence-electron chi connectivity index (χ3n) is 6.57. The highest BCUT2D eigenvalue weighted by molar-refractivity contribution is 5.87. The molecule has 3 heterocycles. The fourth-order valence-electron chi connectivity index (χ4n) is 4.84. The van der Waals surface area contributed by atoms with Crippen molar-refractivity contribution in [3.8, 4) is 5.75 Å². The average Bonchev–Trinajstić information content (AvgIpc) is 3.42. The first-order valence-electron chi connectivity index (χ1n) is 10.2. The van der Waals surface area contributed by atoms with Crippen LogP contribution in [0.4, 0.5) is 5.82 Å². The lowest BCUT2D eigenvalue weighted by molar-refractivity contribution is -0.145. The molecule has 3 aliphatic rings. The van der Waals surface area contributed by atoms with E-state index in [2.05, 4.69) is 28.0 Å². The second kappa shape index (κ2) is 6.39. The average molecular weight is 365 g/mol. The number of hydrogen-bond donors (Lipinski definition) is 0. The number of aromatic nitrogens is 1. The van der Waals surface area contributed by atoms with Crippen molar-refractivity contribution < 1.29 is 9.53 Å². The summed E-state index contributed by atoms with van der Waals surface area (Å²) in [4.78, 5) is 22.6. The van der Waals surface area contributed by atoms with E-state index in [9.17, 15) is 4.79 Å². The molecule has 0 N–H and O–H groups in total. The number of ether oxygens (including phenoxy) is 1. The molecule has 1 aromatic heterocycles. The van der Waals surface area contributed by atoms with Crippen molar-refractivity contribution in [1.82, 2.24) is 9.88 Å². The van der Waals surface area contributed by atoms with Gasteiger partial charge in [0.2, 0.25) is 5.91 Å². The Balaban J connectivity index is 1.40. The molecule has 1 spiro atoms. The molecule has 2 aromatic rings. The lowest BCUT2D eigenvalue weighted by atomic mass is 9.78. The normalized spacial score (nSPS) is 25.6. The van der Waals surface area contributed by atoms with Crippen LogP contribution in [-0.4, -0.2) is 49.1 Å². The zero-order chi connectivity index (χ0) is 18.4. The van der Waals surface area contributed by atoms with Crippen molar-refractivity contribution in [2.45, 2.75) is 32.1 Å². The summed E-state index contributed by atoms with van der Waals surface area (Å²) in [5, 5.41) is 1.08. The zero-order valence-corrected chi connectivity index (χ0v) is 16.0. The third kappa shape index (κ3) is 2.93. The molecule has 3 fully saturated rings. The van der Waals surface area contributed by atoms with Gasteiger partial charge in [-0.1, -0.05) is 12.1 Å². The van der Waals surface area contributed by atoms with E-state index < -0.39 is 0 Å². The summed E-state index contributed by atoms with van der Waals surface area (Å²) in [5.74, 6) is 2.90. The van der Waals surface area contributed by atoms with Crippen molar-refractivity contribution in [3.05, 3.63) is 30.3 Å². The molecular weight excluding hydrogens is 338 g/mol. The number of rotatable bonds is 4. The van der Waals surface area contributed by atoms with Gasteiger partial charge in [0.1, 0.15) is 17.1 Å². The van der Waals surface area contributed by atoms with Gasteiger partial charge in [-0.15, -0.1) is 0 Å². The first-order chi connectivity index (χ1) is 13.2. The summed E-state index contributed by atoms with van der Waals surface area (Å²) in [6.07, 6.45) is 5.68. The second-order valence-electron chi connectivity index (χ2n) is 8.45. The molecule has 1 amide bonds. The Bertz CT molecular complexity index is 879. The van der Waals surface area contributed by atoms with E-state index in [1.165, 1.54) is 12.8 Å². The van der Waals surface area contributed by atoms with Crippen LogP contribution in [0.25, 0.3) is 10.9 Å². The molecule has 1 aromatic carbocycles. The Morgan fingerprint density at radius 1 is 1.19 bits per heavy atom. The first kappa shape index (κ1) is 16.8. The van der Waals surface area contributed by atoms with Gasteiger partial charge in [-0.05, 0) is 56.2 Å². The van der Waals surface area contributed by atoms with Gasteiger partial charge in [0.15, 0.2) is 0 Å². The van der Waals surface area contributed by atoms with Gasteiger partial charge >= 0.3 is 0 Å². The zero-order valence-electron chi connectivity index (χ0n) is 16.0. The SMILES string of the molecule is COc1cccc2ccc(N3CCC4(CCCN(CC5CC5)C4=O)C3)nc12. The van der Waals surface area contributed by atoms with Crippen LogP contribution in [-0.2, 0) is 4.79 Å². The topological polar surface area (TPSA) is 45.7 Å². The Morgan fingerprint density at radius 2 is 2.07 bits per heavy atom. The van der Waals surface area contributed by atoms with E-state index in [0.717, 1.165) is 73.8 Å². The van der Waals surface area contributed by atoms with Gasteiger partial charge in [0, 0.05) is 31.6 Å². The molecule has 1 aliphatic carbocycles. The van der Waals surface area contributed by atoms with Gasteiger partial charge in [0.25, 0.3) is 0 Å². The lowest BCUT2D eigenvalue weighted by Gasteiger charge is -2.39. The quantitative estimate of drug-likeness (QED) is 0.832. The number of piperidine rings is 1. The van der Waals surface area contributed by atoms with E-state index in [1.807, 2.05) is 12.1 Å². The van der Waals surface area contributed by atoms with Gasteiger partial charge in [0.05, 0.1) is 12.5 Å². The van der Waals surface area contributed by atoms with Crippen LogP contribution in [0.2, 0.25) is 0 Å². The number of pyridine rings is 1. The number of fused-ring (bicyclic) bond motifs is 1. The van der Waals surface area contributed by atoms with E-state index >= 15 is 0 Å². The predicted molar refractivity (Wildman–Crippen MR) is 106 cm³/mol. The summed E-state index contributed by atoms with van der Waals surface area (Å²) in [6, 6.07) is 10.2. The molecule has 5 rings (SSSR count). The van der Waals surface area contributed by atoms with Crippen LogP contribution in [0.15, 0.2) is 30.3 Å². The summed E-state index contributed by atoms with van der Waals surface area (Å²) < 4.78 is 5.49. The number of nitrogens with zero attached hydrogens (tertiary/aromatic N) is 3. The standard InChI is InChI=1S/C22H27N3O2/c1-27-18-5-2-4-17-8-9-19(23-20(17)18)25-13-11-22(15-25)10-3-12-24(21(22)26)14-16-6-7-16/h2,4-5,8-9,16H,3,6-7,10-15H2,1H3. The number of carbonyl (C=O) groups is 1. The number of anilines is 1. The number of amides is 1. The fourth-order valence-corrected chi connectivity index (χ4v) is 4.84. The maximum Gasteiger partial charge on any atom is 0.230 e. The summed E-state index contributed by atoms with van der Waals surface area (Å²) in [7, 11) is 1.68. The Morgan fingerprint density at radius 3 is 2.89 bits per heavy atom. The van der Waals surface area contributed by atoms with Crippen LogP contribution in [0.5, 0.6) is 5.75 Å². The molecule has 5 heteroatoms. The number of benzene rings is 1. The van der Waals surface area contributed by atoms with Gasteiger partial charge < -0.3 is 14.5 Å². The minimum absolute atomic E-state index is 0.204. The maximum atomic E-state index is 13.3. The molecule has 27 heavy (non-hydrogen) atoms. The van der Waals surface area contributed by atoms with Crippen LogP contribution in [0.3, 0.4) is 0 Å². The molecule has 5 nitrogen and oxygen atoms in total. The Kier molecular flexibility index (Phi) is 3.99. The number of methoxy groups -OCH3 is 1. The first-order valence-corrected chi connectivity index (χ1v) is 10.2. The van der Waals surface area contributed by atoms with E-state index in [4.69, 9.17) is 9.72 Å². The Labute approximate surface area is 160 Å². The summed E-state index contributed by atoms with van der Waals surface area (Å²) >= 11 is 0. The summed E-state index contributed by atoms with van der Waals surface area (Å²) in [6.45, 7) is 3.62. The van der Waals surface area contributed by atoms with Crippen molar-refractivity contribution in [2.24, 2.45) is 11.3 Å². The summed E-state index contributed by atoms with van der Waals surface area (Å²) in [5.41, 5.74) is 0.689. The highest BCUT2D eigenvalue weighted by atomic mass is 16.5. The van der Waals surface area contributed by atoms with Crippen LogP contribution in [0.1, 0.15) is 32.1 Å². The molecule has 0 radical (unpaired) electrons. The number of para-hydroxylation sites is 1. The molecule has 1 unspecified atom stereocenters. The molecule has 1 atom stereocenters. The minimum atomic E-state index is -0.204. The third-order valence-corrected chi connectivity index (χ3v) is 6.57. The second-order valence-corrected chi connectivity index (χ2v) is 8.45. The van der Waals surface area contributed by atoms with Gasteiger partial charge in [-0.25, -0.2) is 4.98 Å².